The van der Waals surface area contributed by atoms with Gasteiger partial charge in [0.2, 0.25) is 15.9 Å². The molecule has 134 valence electrons. The topological polar surface area (TPSA) is 75.7 Å². The molecule has 7 heteroatoms. The van der Waals surface area contributed by atoms with Gasteiger partial charge in [0.1, 0.15) is 5.75 Å². The van der Waals surface area contributed by atoms with E-state index in [1.165, 1.54) is 10.6 Å². The standard InChI is InChI=1S/C17H26N2O4S/c1-23-16-11-7-6-10-15(16)18-17(20)12-13-19(24(2,21)22)14-8-4-3-5-9-14/h6-7,10-11,14H,3-5,8-9,12-13H2,1-2H3,(H,18,20). The van der Waals surface area contributed by atoms with E-state index in [9.17, 15) is 13.2 Å². The summed E-state index contributed by atoms with van der Waals surface area (Å²) in [5.41, 5.74) is 0.591. The van der Waals surface area contributed by atoms with Crippen LogP contribution < -0.4 is 10.1 Å². The first-order valence-corrected chi connectivity index (χ1v) is 10.2. The SMILES string of the molecule is COc1ccccc1NC(=O)CCN(C1CCCCC1)S(C)(=O)=O. The van der Waals surface area contributed by atoms with E-state index in [-0.39, 0.29) is 24.9 Å². The predicted molar refractivity (Wildman–Crippen MR) is 94.7 cm³/mol. The average Bonchev–Trinajstić information content (AvgIpc) is 2.55. The summed E-state index contributed by atoms with van der Waals surface area (Å²) >= 11 is 0. The molecule has 2 rings (SSSR count). The molecule has 0 saturated heterocycles. The fraction of sp³-hybridized carbons (Fsp3) is 0.588. The molecule has 1 N–H and O–H groups in total. The molecule has 24 heavy (non-hydrogen) atoms. The first-order valence-electron chi connectivity index (χ1n) is 8.31. The summed E-state index contributed by atoms with van der Waals surface area (Å²) in [6.07, 6.45) is 6.35. The molecule has 0 radical (unpaired) electrons. The number of carbonyl (C=O) groups excluding carboxylic acids is 1. The van der Waals surface area contributed by atoms with Crippen molar-refractivity contribution >= 4 is 21.6 Å². The number of nitrogens with zero attached hydrogens (tertiary/aromatic N) is 1. The molecular formula is C17H26N2O4S. The lowest BCUT2D eigenvalue weighted by Crippen LogP contribution is -2.42. The smallest absolute Gasteiger partial charge is 0.225 e. The first kappa shape index (κ1) is 18.7. The maximum absolute atomic E-state index is 12.2. The van der Waals surface area contributed by atoms with E-state index in [4.69, 9.17) is 4.74 Å². The number of sulfonamides is 1. The zero-order valence-corrected chi connectivity index (χ0v) is 15.1. The van der Waals surface area contributed by atoms with Crippen LogP contribution in [0.3, 0.4) is 0 Å². The number of methoxy groups -OCH3 is 1. The summed E-state index contributed by atoms with van der Waals surface area (Å²) in [6, 6.07) is 7.17. The lowest BCUT2D eigenvalue weighted by molar-refractivity contribution is -0.116. The normalized spacial score (nSPS) is 16.1. The summed E-state index contributed by atoms with van der Waals surface area (Å²) in [4.78, 5) is 12.2. The Hall–Kier alpha value is -1.60. The highest BCUT2D eigenvalue weighted by Crippen LogP contribution is 2.25. The molecule has 1 fully saturated rings. The fourth-order valence-corrected chi connectivity index (χ4v) is 4.34. The number of anilines is 1. The molecule has 0 bridgehead atoms. The van der Waals surface area contributed by atoms with Crippen molar-refractivity contribution in [2.45, 2.75) is 44.6 Å². The Labute approximate surface area is 144 Å². The molecule has 1 aliphatic rings. The molecule has 1 saturated carbocycles. The Balaban J connectivity index is 1.97. The summed E-state index contributed by atoms with van der Waals surface area (Å²) in [5.74, 6) is 0.363. The van der Waals surface area contributed by atoms with E-state index in [1.54, 1.807) is 19.2 Å². The molecule has 1 aromatic carbocycles. The molecule has 6 nitrogen and oxygen atoms in total. The third kappa shape index (κ3) is 5.21. The van der Waals surface area contributed by atoms with Crippen LogP contribution >= 0.6 is 0 Å². The maximum atomic E-state index is 12.2. The van der Waals surface area contributed by atoms with E-state index in [2.05, 4.69) is 5.32 Å². The van der Waals surface area contributed by atoms with Crippen LogP contribution in [0.15, 0.2) is 24.3 Å². The number of benzene rings is 1. The number of hydrogen-bond donors (Lipinski definition) is 1. The van der Waals surface area contributed by atoms with Crippen LogP contribution in [-0.2, 0) is 14.8 Å². The van der Waals surface area contributed by atoms with E-state index < -0.39 is 10.0 Å². The fourth-order valence-electron chi connectivity index (χ4n) is 3.16. The van der Waals surface area contributed by atoms with Gasteiger partial charge < -0.3 is 10.1 Å². The van der Waals surface area contributed by atoms with Crippen molar-refractivity contribution in [2.75, 3.05) is 25.2 Å². The lowest BCUT2D eigenvalue weighted by Gasteiger charge is -2.32. The van der Waals surface area contributed by atoms with Gasteiger partial charge in [0.05, 0.1) is 19.1 Å². The van der Waals surface area contributed by atoms with Gasteiger partial charge in [0.25, 0.3) is 0 Å². The number of ether oxygens (including phenoxy) is 1. The number of rotatable bonds is 7. The van der Waals surface area contributed by atoms with Gasteiger partial charge in [-0.05, 0) is 25.0 Å². The summed E-state index contributed by atoms with van der Waals surface area (Å²) in [6.45, 7) is 0.213. The largest absolute Gasteiger partial charge is 0.495 e. The Bertz CT molecular complexity index is 654. The van der Waals surface area contributed by atoms with Crippen LogP contribution in [0.5, 0.6) is 5.75 Å². The minimum atomic E-state index is -3.32. The highest BCUT2D eigenvalue weighted by molar-refractivity contribution is 7.88. The highest BCUT2D eigenvalue weighted by Gasteiger charge is 2.28. The highest BCUT2D eigenvalue weighted by atomic mass is 32.2. The van der Waals surface area contributed by atoms with Gasteiger partial charge >= 0.3 is 0 Å². The van der Waals surface area contributed by atoms with E-state index >= 15 is 0 Å². The molecule has 0 aliphatic heterocycles. The van der Waals surface area contributed by atoms with Crippen LogP contribution in [0.4, 0.5) is 5.69 Å². The molecular weight excluding hydrogens is 328 g/mol. The van der Waals surface area contributed by atoms with Crippen molar-refractivity contribution in [3.63, 3.8) is 0 Å². The summed E-state index contributed by atoms with van der Waals surface area (Å²) in [7, 11) is -1.78. The second kappa shape index (κ2) is 8.48. The van der Waals surface area contributed by atoms with Gasteiger partial charge in [-0.1, -0.05) is 31.4 Å². The monoisotopic (exact) mass is 354 g/mol. The number of carbonyl (C=O) groups is 1. The average molecular weight is 354 g/mol. The Morgan fingerprint density at radius 2 is 1.92 bits per heavy atom. The number of nitrogens with one attached hydrogen (secondary N) is 1. The van der Waals surface area contributed by atoms with E-state index in [0.717, 1.165) is 32.1 Å². The van der Waals surface area contributed by atoms with Gasteiger partial charge in [-0.15, -0.1) is 0 Å². The number of hydrogen-bond acceptors (Lipinski definition) is 4. The van der Waals surface area contributed by atoms with Crippen LogP contribution in [0.1, 0.15) is 38.5 Å². The van der Waals surface area contributed by atoms with Crippen LogP contribution in [-0.4, -0.2) is 44.6 Å². The maximum Gasteiger partial charge on any atom is 0.225 e. The van der Waals surface area contributed by atoms with Crippen molar-refractivity contribution in [3.05, 3.63) is 24.3 Å². The molecule has 0 heterocycles. The van der Waals surface area contributed by atoms with E-state index in [0.29, 0.717) is 11.4 Å². The second-order valence-corrected chi connectivity index (χ2v) is 8.10. The molecule has 0 spiro atoms. The predicted octanol–water partition coefficient (Wildman–Crippen LogP) is 2.62. The van der Waals surface area contributed by atoms with Gasteiger partial charge in [0, 0.05) is 19.0 Å². The third-order valence-electron chi connectivity index (χ3n) is 4.35. The quantitative estimate of drug-likeness (QED) is 0.817. The lowest BCUT2D eigenvalue weighted by atomic mass is 9.95. The van der Waals surface area contributed by atoms with E-state index in [1.807, 2.05) is 12.1 Å². The van der Waals surface area contributed by atoms with Crippen molar-refractivity contribution in [3.8, 4) is 5.75 Å². The van der Waals surface area contributed by atoms with Gasteiger partial charge in [-0.25, -0.2) is 8.42 Å². The molecule has 1 aromatic rings. The van der Waals surface area contributed by atoms with Gasteiger partial charge in [-0.2, -0.15) is 4.31 Å². The zero-order chi connectivity index (χ0) is 17.6. The van der Waals surface area contributed by atoms with Crippen LogP contribution in [0.2, 0.25) is 0 Å². The summed E-state index contributed by atoms with van der Waals surface area (Å²) < 4.78 is 30.8. The molecule has 0 atom stereocenters. The minimum Gasteiger partial charge on any atom is -0.495 e. The molecule has 0 aromatic heterocycles. The Morgan fingerprint density at radius 1 is 1.25 bits per heavy atom. The minimum absolute atomic E-state index is 0.0211. The second-order valence-electron chi connectivity index (χ2n) is 6.16. The van der Waals surface area contributed by atoms with Gasteiger partial charge in [-0.3, -0.25) is 4.79 Å². The Kier molecular flexibility index (Phi) is 6.62. The Morgan fingerprint density at radius 3 is 2.54 bits per heavy atom. The van der Waals surface area contributed by atoms with Crippen LogP contribution in [0.25, 0.3) is 0 Å². The molecule has 0 unspecified atom stereocenters. The summed E-state index contributed by atoms with van der Waals surface area (Å²) in [5, 5.41) is 2.79. The van der Waals surface area contributed by atoms with Crippen molar-refractivity contribution < 1.29 is 17.9 Å². The molecule has 1 amide bonds. The van der Waals surface area contributed by atoms with Crippen molar-refractivity contribution in [2.24, 2.45) is 0 Å². The van der Waals surface area contributed by atoms with Gasteiger partial charge in [0.15, 0.2) is 0 Å². The number of amides is 1. The number of para-hydroxylation sites is 2. The third-order valence-corrected chi connectivity index (χ3v) is 5.68. The zero-order valence-electron chi connectivity index (χ0n) is 14.3. The first-order chi connectivity index (χ1) is 11.4. The molecule has 1 aliphatic carbocycles. The van der Waals surface area contributed by atoms with Crippen molar-refractivity contribution in [1.82, 2.24) is 4.31 Å². The van der Waals surface area contributed by atoms with Crippen LogP contribution in [0, 0.1) is 0 Å². The van der Waals surface area contributed by atoms with Crippen molar-refractivity contribution in [1.29, 1.82) is 0 Å².